The van der Waals surface area contributed by atoms with Gasteiger partial charge in [-0.05, 0) is 49.1 Å². The Morgan fingerprint density at radius 2 is 1.80 bits per heavy atom. The average Bonchev–Trinajstić information content (AvgIpc) is 3.14. The van der Waals surface area contributed by atoms with Gasteiger partial charge in [0.25, 0.3) is 5.91 Å². The first-order valence-electron chi connectivity index (χ1n) is 8.62. The number of carbonyl (C=O) groups is 1. The third-order valence-corrected chi connectivity index (χ3v) is 4.21. The number of rotatable bonds is 7. The number of hydrogen-bond donors (Lipinski definition) is 1. The van der Waals surface area contributed by atoms with Crippen LogP contribution in [0, 0.1) is 0 Å². The highest BCUT2D eigenvalue weighted by atomic mass is 16.1. The predicted molar refractivity (Wildman–Crippen MR) is 99.5 cm³/mol. The molecule has 0 aliphatic heterocycles. The first kappa shape index (κ1) is 17.0. The van der Waals surface area contributed by atoms with Crippen molar-refractivity contribution in [1.82, 2.24) is 15.1 Å². The first-order chi connectivity index (χ1) is 12.2. The van der Waals surface area contributed by atoms with Crippen molar-refractivity contribution in [2.45, 2.75) is 32.4 Å². The van der Waals surface area contributed by atoms with E-state index >= 15 is 0 Å². The van der Waals surface area contributed by atoms with Crippen molar-refractivity contribution in [3.05, 3.63) is 89.7 Å². The van der Waals surface area contributed by atoms with Crippen molar-refractivity contribution in [3.8, 4) is 0 Å². The molecule has 1 atom stereocenters. The third kappa shape index (κ3) is 5.05. The Bertz CT molecular complexity index is 780. The Balaban J connectivity index is 1.50. The molecule has 0 radical (unpaired) electrons. The maximum Gasteiger partial charge on any atom is 0.251 e. The summed E-state index contributed by atoms with van der Waals surface area (Å²) in [6.07, 6.45) is 5.58. The average molecular weight is 333 g/mol. The molecule has 0 spiro atoms. The summed E-state index contributed by atoms with van der Waals surface area (Å²) in [5.74, 6) is -0.0220. The summed E-state index contributed by atoms with van der Waals surface area (Å²) in [5, 5.41) is 7.27. The Morgan fingerprint density at radius 1 is 1.04 bits per heavy atom. The second-order valence-corrected chi connectivity index (χ2v) is 6.30. The Morgan fingerprint density at radius 3 is 2.48 bits per heavy atom. The lowest BCUT2D eigenvalue weighted by Gasteiger charge is -2.14. The van der Waals surface area contributed by atoms with Crippen molar-refractivity contribution in [3.63, 3.8) is 0 Å². The summed E-state index contributed by atoms with van der Waals surface area (Å²) >= 11 is 0. The van der Waals surface area contributed by atoms with Gasteiger partial charge >= 0.3 is 0 Å². The molecule has 3 aromatic rings. The molecule has 3 rings (SSSR count). The van der Waals surface area contributed by atoms with Crippen LogP contribution in [0.3, 0.4) is 0 Å². The van der Waals surface area contributed by atoms with E-state index in [1.54, 1.807) is 6.20 Å². The van der Waals surface area contributed by atoms with Crippen LogP contribution >= 0.6 is 0 Å². The van der Waals surface area contributed by atoms with E-state index in [4.69, 9.17) is 0 Å². The number of aromatic nitrogens is 2. The highest BCUT2D eigenvalue weighted by Gasteiger charge is 2.10. The third-order valence-electron chi connectivity index (χ3n) is 4.21. The summed E-state index contributed by atoms with van der Waals surface area (Å²) in [5.41, 5.74) is 3.11. The van der Waals surface area contributed by atoms with Gasteiger partial charge in [0.1, 0.15) is 0 Å². The minimum Gasteiger partial charge on any atom is -0.350 e. The molecule has 128 valence electrons. The van der Waals surface area contributed by atoms with Gasteiger partial charge in [-0.2, -0.15) is 5.10 Å². The summed E-state index contributed by atoms with van der Waals surface area (Å²) in [6, 6.07) is 20.1. The largest absolute Gasteiger partial charge is 0.350 e. The van der Waals surface area contributed by atoms with Crippen LogP contribution in [0.5, 0.6) is 0 Å². The lowest BCUT2D eigenvalue weighted by Crippen LogP contribution is -2.32. The monoisotopic (exact) mass is 333 g/mol. The molecule has 4 heteroatoms. The van der Waals surface area contributed by atoms with Crippen molar-refractivity contribution >= 4 is 5.91 Å². The van der Waals surface area contributed by atoms with Gasteiger partial charge in [0.15, 0.2) is 0 Å². The fraction of sp³-hybridized carbons (Fsp3) is 0.238. The van der Waals surface area contributed by atoms with Crippen LogP contribution in [0.15, 0.2) is 73.1 Å². The molecule has 0 aliphatic rings. The minimum absolute atomic E-state index is 0.0220. The van der Waals surface area contributed by atoms with Crippen LogP contribution < -0.4 is 5.32 Å². The van der Waals surface area contributed by atoms with Crippen LogP contribution in [0.4, 0.5) is 0 Å². The van der Waals surface area contributed by atoms with Gasteiger partial charge in [0.2, 0.25) is 0 Å². The van der Waals surface area contributed by atoms with Crippen molar-refractivity contribution in [2.75, 3.05) is 0 Å². The number of benzene rings is 2. The van der Waals surface area contributed by atoms with Crippen molar-refractivity contribution in [1.29, 1.82) is 0 Å². The highest BCUT2D eigenvalue weighted by Crippen LogP contribution is 2.08. The summed E-state index contributed by atoms with van der Waals surface area (Å²) < 4.78 is 1.86. The number of amides is 1. The van der Waals surface area contributed by atoms with Crippen LogP contribution in [0.25, 0.3) is 0 Å². The quantitative estimate of drug-likeness (QED) is 0.717. The Hall–Kier alpha value is -2.88. The number of aryl methyl sites for hydroxylation is 1. The Kier molecular flexibility index (Phi) is 5.62. The number of nitrogens with one attached hydrogen (secondary N) is 1. The molecule has 2 aromatic carbocycles. The topological polar surface area (TPSA) is 46.9 Å². The molecule has 1 aromatic heterocycles. The molecular formula is C21H23N3O. The maximum atomic E-state index is 12.4. The Labute approximate surface area is 148 Å². The van der Waals surface area contributed by atoms with Gasteiger partial charge in [0.05, 0.1) is 6.54 Å². The van der Waals surface area contributed by atoms with Gasteiger partial charge in [-0.15, -0.1) is 0 Å². The van der Waals surface area contributed by atoms with Crippen LogP contribution in [0.2, 0.25) is 0 Å². The zero-order valence-electron chi connectivity index (χ0n) is 14.4. The number of nitrogens with zero attached hydrogens (tertiary/aromatic N) is 2. The van der Waals surface area contributed by atoms with E-state index in [2.05, 4.69) is 22.5 Å². The van der Waals surface area contributed by atoms with Gasteiger partial charge in [0, 0.05) is 24.0 Å². The summed E-state index contributed by atoms with van der Waals surface area (Å²) in [4.78, 5) is 12.4. The van der Waals surface area contributed by atoms with E-state index in [1.807, 2.05) is 66.3 Å². The van der Waals surface area contributed by atoms with Gasteiger partial charge in [-0.1, -0.05) is 42.5 Å². The standard InChI is InChI=1S/C21H23N3O/c1-17(8-9-18-6-3-2-4-7-18)23-21(25)20-12-10-19(11-13-20)16-24-15-5-14-22-24/h2-7,10-15,17H,8-9,16H2,1H3,(H,23,25). The molecule has 25 heavy (non-hydrogen) atoms. The summed E-state index contributed by atoms with van der Waals surface area (Å²) in [6.45, 7) is 2.76. The second-order valence-electron chi connectivity index (χ2n) is 6.30. The molecule has 1 heterocycles. The number of carbonyl (C=O) groups excluding carboxylic acids is 1. The van der Waals surface area contributed by atoms with E-state index in [1.165, 1.54) is 5.56 Å². The van der Waals surface area contributed by atoms with Gasteiger partial charge in [-0.3, -0.25) is 9.48 Å². The fourth-order valence-electron chi connectivity index (χ4n) is 2.75. The van der Waals surface area contributed by atoms with E-state index < -0.39 is 0 Å². The predicted octanol–water partition coefficient (Wildman–Crippen LogP) is 3.68. The van der Waals surface area contributed by atoms with E-state index in [9.17, 15) is 4.79 Å². The lowest BCUT2D eigenvalue weighted by atomic mass is 10.1. The smallest absolute Gasteiger partial charge is 0.251 e. The van der Waals surface area contributed by atoms with Crippen molar-refractivity contribution in [2.24, 2.45) is 0 Å². The van der Waals surface area contributed by atoms with Gasteiger partial charge < -0.3 is 5.32 Å². The second kappa shape index (κ2) is 8.29. The molecule has 0 saturated carbocycles. The van der Waals surface area contributed by atoms with Crippen LogP contribution in [0.1, 0.15) is 34.8 Å². The molecule has 0 bridgehead atoms. The SMILES string of the molecule is CC(CCc1ccccc1)NC(=O)c1ccc(Cn2cccn2)cc1. The zero-order valence-corrected chi connectivity index (χ0v) is 14.4. The maximum absolute atomic E-state index is 12.4. The molecular weight excluding hydrogens is 310 g/mol. The fourth-order valence-corrected chi connectivity index (χ4v) is 2.75. The highest BCUT2D eigenvalue weighted by molar-refractivity contribution is 5.94. The molecule has 4 nitrogen and oxygen atoms in total. The molecule has 0 fully saturated rings. The van der Waals surface area contributed by atoms with Crippen LogP contribution in [-0.4, -0.2) is 21.7 Å². The molecule has 0 saturated heterocycles. The molecule has 1 amide bonds. The molecule has 0 aliphatic carbocycles. The first-order valence-corrected chi connectivity index (χ1v) is 8.62. The van der Waals surface area contributed by atoms with Crippen LogP contribution in [-0.2, 0) is 13.0 Å². The lowest BCUT2D eigenvalue weighted by molar-refractivity contribution is 0.0938. The summed E-state index contributed by atoms with van der Waals surface area (Å²) in [7, 11) is 0. The number of hydrogen-bond acceptors (Lipinski definition) is 2. The van der Waals surface area contributed by atoms with E-state index in [-0.39, 0.29) is 11.9 Å². The van der Waals surface area contributed by atoms with E-state index in [0.29, 0.717) is 12.1 Å². The molecule has 1 N–H and O–H groups in total. The zero-order chi connectivity index (χ0) is 17.5. The van der Waals surface area contributed by atoms with Gasteiger partial charge in [-0.25, -0.2) is 0 Å². The minimum atomic E-state index is -0.0220. The van der Waals surface area contributed by atoms with Crippen molar-refractivity contribution < 1.29 is 4.79 Å². The molecule has 1 unspecified atom stereocenters. The normalized spacial score (nSPS) is 11.9. The van der Waals surface area contributed by atoms with E-state index in [0.717, 1.165) is 18.4 Å².